The van der Waals surface area contributed by atoms with Crippen LogP contribution in [-0.4, -0.2) is 0 Å². The van der Waals surface area contributed by atoms with Crippen LogP contribution in [0, 0.1) is 24.1 Å². The number of hydrogen-bond donors (Lipinski definition) is 1. The fourth-order valence-electron chi connectivity index (χ4n) is 2.23. The molecule has 2 aromatic carbocycles. The van der Waals surface area contributed by atoms with Crippen LogP contribution in [0.5, 0.6) is 0 Å². The van der Waals surface area contributed by atoms with Crippen molar-refractivity contribution in [1.82, 2.24) is 5.32 Å². The van der Waals surface area contributed by atoms with Crippen LogP contribution in [-0.2, 0) is 6.54 Å². The van der Waals surface area contributed by atoms with Crippen LogP contribution < -0.4 is 5.32 Å². The highest BCUT2D eigenvalue weighted by Crippen LogP contribution is 2.18. The number of aryl methyl sites for hydroxylation is 1. The van der Waals surface area contributed by atoms with Crippen molar-refractivity contribution in [2.24, 2.45) is 0 Å². The number of nitrogens with zero attached hydrogens (tertiary/aromatic N) is 1. The fraction of sp³-hybridized carbons (Fsp3) is 0.235. The maximum absolute atomic E-state index is 13.7. The molecule has 0 saturated heterocycles. The van der Waals surface area contributed by atoms with Crippen LogP contribution in [0.3, 0.4) is 0 Å². The van der Waals surface area contributed by atoms with Crippen molar-refractivity contribution < 1.29 is 4.39 Å². The van der Waals surface area contributed by atoms with Gasteiger partial charge in [-0.15, -0.1) is 0 Å². The van der Waals surface area contributed by atoms with Crippen molar-refractivity contribution in [3.63, 3.8) is 0 Å². The molecule has 0 unspecified atom stereocenters. The van der Waals surface area contributed by atoms with E-state index in [-0.39, 0.29) is 11.9 Å². The molecule has 0 radical (unpaired) electrons. The molecule has 0 aromatic heterocycles. The predicted molar refractivity (Wildman–Crippen MR) is 77.5 cm³/mol. The molecule has 0 saturated carbocycles. The van der Waals surface area contributed by atoms with E-state index in [1.165, 1.54) is 23.3 Å². The minimum Gasteiger partial charge on any atom is -0.306 e. The van der Waals surface area contributed by atoms with E-state index in [9.17, 15) is 4.39 Å². The Morgan fingerprint density at radius 1 is 1.25 bits per heavy atom. The first kappa shape index (κ1) is 14.2. The lowest BCUT2D eigenvalue weighted by atomic mass is 10.0. The van der Waals surface area contributed by atoms with Crippen molar-refractivity contribution in [2.75, 3.05) is 0 Å². The zero-order valence-electron chi connectivity index (χ0n) is 11.7. The molecule has 0 heterocycles. The Kier molecular flexibility index (Phi) is 4.49. The highest BCUT2D eigenvalue weighted by molar-refractivity contribution is 5.34. The van der Waals surface area contributed by atoms with Crippen molar-refractivity contribution in [1.29, 1.82) is 5.26 Å². The molecular formula is C17H17FN2. The van der Waals surface area contributed by atoms with E-state index in [4.69, 9.17) is 5.26 Å². The average molecular weight is 268 g/mol. The summed E-state index contributed by atoms with van der Waals surface area (Å²) >= 11 is 0. The summed E-state index contributed by atoms with van der Waals surface area (Å²) in [6.45, 7) is 4.51. The third-order valence-corrected chi connectivity index (χ3v) is 3.43. The summed E-state index contributed by atoms with van der Waals surface area (Å²) in [5.41, 5.74) is 3.40. The van der Waals surface area contributed by atoms with Gasteiger partial charge in [-0.3, -0.25) is 0 Å². The molecule has 0 aliphatic carbocycles. The molecular weight excluding hydrogens is 251 g/mol. The minimum atomic E-state index is -0.284. The zero-order chi connectivity index (χ0) is 14.5. The number of hydrogen-bond acceptors (Lipinski definition) is 2. The highest BCUT2D eigenvalue weighted by Gasteiger charge is 2.09. The van der Waals surface area contributed by atoms with Gasteiger partial charge in [0, 0.05) is 18.2 Å². The molecule has 2 rings (SSSR count). The van der Waals surface area contributed by atoms with Gasteiger partial charge < -0.3 is 5.32 Å². The zero-order valence-corrected chi connectivity index (χ0v) is 11.7. The Balaban J connectivity index is 2.09. The van der Waals surface area contributed by atoms with Gasteiger partial charge in [-0.2, -0.15) is 5.26 Å². The molecule has 0 fully saturated rings. The lowest BCUT2D eigenvalue weighted by molar-refractivity contribution is 0.542. The smallest absolute Gasteiger partial charge is 0.127 e. The second-order valence-corrected chi connectivity index (χ2v) is 4.88. The maximum atomic E-state index is 13.7. The van der Waals surface area contributed by atoms with Crippen molar-refractivity contribution in [2.45, 2.75) is 26.4 Å². The summed E-state index contributed by atoms with van der Waals surface area (Å²) in [7, 11) is 0. The number of benzene rings is 2. The Hall–Kier alpha value is -2.18. The monoisotopic (exact) mass is 268 g/mol. The van der Waals surface area contributed by atoms with Crippen molar-refractivity contribution in [3.8, 4) is 6.07 Å². The molecule has 1 N–H and O–H groups in total. The Morgan fingerprint density at radius 3 is 2.70 bits per heavy atom. The van der Waals surface area contributed by atoms with Gasteiger partial charge in [0.25, 0.3) is 0 Å². The first-order valence-corrected chi connectivity index (χ1v) is 6.59. The lowest BCUT2D eigenvalue weighted by Crippen LogP contribution is -2.19. The summed E-state index contributed by atoms with van der Waals surface area (Å²) in [6.07, 6.45) is 0. The molecule has 2 nitrogen and oxygen atoms in total. The summed E-state index contributed by atoms with van der Waals surface area (Å²) in [4.78, 5) is 0. The van der Waals surface area contributed by atoms with E-state index >= 15 is 0 Å². The van der Waals surface area contributed by atoms with Gasteiger partial charge in [0.2, 0.25) is 0 Å². The van der Waals surface area contributed by atoms with E-state index < -0.39 is 0 Å². The van der Waals surface area contributed by atoms with E-state index in [2.05, 4.69) is 24.4 Å². The maximum Gasteiger partial charge on any atom is 0.127 e. The first-order valence-electron chi connectivity index (χ1n) is 6.59. The summed E-state index contributed by atoms with van der Waals surface area (Å²) < 4.78 is 13.7. The van der Waals surface area contributed by atoms with Gasteiger partial charge in [0.15, 0.2) is 0 Å². The van der Waals surface area contributed by atoms with Gasteiger partial charge >= 0.3 is 0 Å². The quantitative estimate of drug-likeness (QED) is 0.914. The largest absolute Gasteiger partial charge is 0.306 e. The van der Waals surface area contributed by atoms with Crippen molar-refractivity contribution in [3.05, 3.63) is 70.5 Å². The SMILES string of the molecule is Cc1ccccc1[C@@H](C)NCc1cc(C#N)ccc1F. The molecule has 1 atom stereocenters. The Morgan fingerprint density at radius 2 is 2.00 bits per heavy atom. The standard InChI is InChI=1S/C17H17FN2/c1-12-5-3-4-6-16(12)13(2)20-11-15-9-14(10-19)7-8-17(15)18/h3-9,13,20H,11H2,1-2H3/t13-/m1/s1. The van der Waals surface area contributed by atoms with Crippen LogP contribution in [0.2, 0.25) is 0 Å². The molecule has 3 heteroatoms. The number of halogens is 1. The number of nitrogens with one attached hydrogen (secondary N) is 1. The van der Waals surface area contributed by atoms with Gasteiger partial charge in [-0.05, 0) is 43.2 Å². The normalized spacial score (nSPS) is 11.9. The third-order valence-electron chi connectivity index (χ3n) is 3.43. The van der Waals surface area contributed by atoms with Crippen LogP contribution in [0.25, 0.3) is 0 Å². The van der Waals surface area contributed by atoms with Gasteiger partial charge in [0.05, 0.1) is 11.6 Å². The van der Waals surface area contributed by atoms with Crippen LogP contribution in [0.15, 0.2) is 42.5 Å². The molecule has 0 spiro atoms. The van der Waals surface area contributed by atoms with Crippen molar-refractivity contribution >= 4 is 0 Å². The minimum absolute atomic E-state index is 0.126. The third kappa shape index (κ3) is 3.23. The topological polar surface area (TPSA) is 35.8 Å². The Labute approximate surface area is 118 Å². The first-order chi connectivity index (χ1) is 9.61. The number of nitriles is 1. The molecule has 0 aliphatic heterocycles. The second kappa shape index (κ2) is 6.31. The van der Waals surface area contributed by atoms with E-state index in [0.29, 0.717) is 17.7 Å². The van der Waals surface area contributed by atoms with Gasteiger partial charge in [0.1, 0.15) is 5.82 Å². The van der Waals surface area contributed by atoms with E-state index in [1.54, 1.807) is 6.07 Å². The van der Waals surface area contributed by atoms with E-state index in [0.717, 1.165) is 0 Å². The van der Waals surface area contributed by atoms with Gasteiger partial charge in [-0.25, -0.2) is 4.39 Å². The number of rotatable bonds is 4. The molecule has 20 heavy (non-hydrogen) atoms. The Bertz CT molecular complexity index is 644. The summed E-state index contributed by atoms with van der Waals surface area (Å²) in [5.74, 6) is -0.284. The summed E-state index contributed by atoms with van der Waals surface area (Å²) in [5, 5.41) is 12.2. The average Bonchev–Trinajstić information content (AvgIpc) is 2.46. The highest BCUT2D eigenvalue weighted by atomic mass is 19.1. The molecule has 0 amide bonds. The molecule has 0 aliphatic rings. The van der Waals surface area contributed by atoms with Gasteiger partial charge in [-0.1, -0.05) is 24.3 Å². The fourth-order valence-corrected chi connectivity index (χ4v) is 2.23. The predicted octanol–water partition coefficient (Wildman–Crippen LogP) is 3.86. The van der Waals surface area contributed by atoms with Crippen LogP contribution in [0.4, 0.5) is 4.39 Å². The lowest BCUT2D eigenvalue weighted by Gasteiger charge is -2.17. The molecule has 2 aromatic rings. The summed E-state index contributed by atoms with van der Waals surface area (Å²) in [6, 6.07) is 14.7. The second-order valence-electron chi connectivity index (χ2n) is 4.88. The molecule has 0 bridgehead atoms. The van der Waals surface area contributed by atoms with E-state index in [1.807, 2.05) is 25.1 Å². The van der Waals surface area contributed by atoms with Crippen LogP contribution in [0.1, 0.15) is 35.2 Å². The van der Waals surface area contributed by atoms with Crippen LogP contribution >= 0.6 is 0 Å². The molecule has 102 valence electrons.